The van der Waals surface area contributed by atoms with Crippen LogP contribution >= 0.6 is 12.2 Å². The van der Waals surface area contributed by atoms with Crippen molar-refractivity contribution in [1.82, 2.24) is 19.3 Å². The Morgan fingerprint density at radius 2 is 2.17 bits per heavy atom. The number of nitrogens with zero attached hydrogens (tertiary/aromatic N) is 4. The molecule has 7 nitrogen and oxygen atoms in total. The fourth-order valence-corrected chi connectivity index (χ4v) is 1.66. The summed E-state index contributed by atoms with van der Waals surface area (Å²) in [6.07, 6.45) is 4.54. The molecule has 2 rings (SSSR count). The lowest BCUT2D eigenvalue weighted by Gasteiger charge is -2.07. The Balaban J connectivity index is 2.30. The summed E-state index contributed by atoms with van der Waals surface area (Å²) in [4.78, 5) is 16.1. The average Bonchev–Trinajstić information content (AvgIpc) is 2.86. The van der Waals surface area contributed by atoms with Crippen molar-refractivity contribution in [1.29, 1.82) is 0 Å². The monoisotopic (exact) mass is 264 g/mol. The van der Waals surface area contributed by atoms with E-state index in [-0.39, 0.29) is 10.9 Å². The maximum Gasteiger partial charge on any atom is 0.275 e. The number of carbonyl (C=O) groups is 1. The molecule has 0 saturated carbocycles. The molecule has 0 spiro atoms. The molecule has 2 aromatic rings. The van der Waals surface area contributed by atoms with Crippen LogP contribution in [0.4, 0.5) is 5.82 Å². The van der Waals surface area contributed by atoms with Crippen molar-refractivity contribution in [2.24, 2.45) is 19.8 Å². The molecule has 0 aliphatic rings. The van der Waals surface area contributed by atoms with Gasteiger partial charge in [-0.15, -0.1) is 0 Å². The molecule has 0 saturated heterocycles. The topological polar surface area (TPSA) is 90.8 Å². The second kappa shape index (κ2) is 4.57. The fraction of sp³-hybridized carbons (Fsp3) is 0.200. The molecule has 0 unspecified atom stereocenters. The van der Waals surface area contributed by atoms with Gasteiger partial charge in [0.2, 0.25) is 0 Å². The molecule has 0 aliphatic carbocycles. The Labute approximate surface area is 109 Å². The minimum atomic E-state index is -0.295. The first kappa shape index (κ1) is 12.2. The van der Waals surface area contributed by atoms with Crippen LogP contribution < -0.4 is 11.1 Å². The Morgan fingerprint density at radius 3 is 2.72 bits per heavy atom. The molecule has 0 fully saturated rings. The quantitative estimate of drug-likeness (QED) is 0.764. The zero-order valence-electron chi connectivity index (χ0n) is 9.91. The van der Waals surface area contributed by atoms with Gasteiger partial charge in [0.05, 0.1) is 24.3 Å². The second-order valence-electron chi connectivity index (χ2n) is 3.74. The molecule has 18 heavy (non-hydrogen) atoms. The number of hydrogen-bond donors (Lipinski definition) is 2. The first-order valence-corrected chi connectivity index (χ1v) is 5.51. The summed E-state index contributed by atoms with van der Waals surface area (Å²) in [7, 11) is 3.43. The predicted molar refractivity (Wildman–Crippen MR) is 70.3 cm³/mol. The van der Waals surface area contributed by atoms with Crippen LogP contribution in [0.25, 0.3) is 0 Å². The van der Waals surface area contributed by atoms with E-state index in [0.29, 0.717) is 17.1 Å². The summed E-state index contributed by atoms with van der Waals surface area (Å²) < 4.78 is 3.12. The number of nitrogens with one attached hydrogen (secondary N) is 1. The Morgan fingerprint density at radius 1 is 1.44 bits per heavy atom. The van der Waals surface area contributed by atoms with Crippen LogP contribution in [0.1, 0.15) is 16.1 Å². The number of thiocarbonyl (C=S) groups is 1. The molecule has 0 atom stereocenters. The summed E-state index contributed by atoms with van der Waals surface area (Å²) in [5.41, 5.74) is 6.53. The Hall–Kier alpha value is -2.22. The van der Waals surface area contributed by atoms with Crippen LogP contribution in [0.15, 0.2) is 18.7 Å². The number of hydrogen-bond acceptors (Lipinski definition) is 4. The molecule has 3 N–H and O–H groups in total. The van der Waals surface area contributed by atoms with Crippen LogP contribution in [0, 0.1) is 0 Å². The van der Waals surface area contributed by atoms with E-state index in [2.05, 4.69) is 15.4 Å². The van der Waals surface area contributed by atoms with Gasteiger partial charge >= 0.3 is 0 Å². The average molecular weight is 264 g/mol. The first-order chi connectivity index (χ1) is 8.50. The van der Waals surface area contributed by atoms with E-state index in [1.165, 1.54) is 17.1 Å². The van der Waals surface area contributed by atoms with Gasteiger partial charge < -0.3 is 15.6 Å². The number of imidazole rings is 1. The van der Waals surface area contributed by atoms with E-state index < -0.39 is 0 Å². The number of carbonyl (C=O) groups excluding carboxylic acids is 1. The SMILES string of the molecule is Cn1cncc1C(=O)Nc1c(C(N)=S)cnn1C. The van der Waals surface area contributed by atoms with Gasteiger partial charge in [0.15, 0.2) is 0 Å². The molecule has 0 bridgehead atoms. The van der Waals surface area contributed by atoms with Crippen molar-refractivity contribution in [3.63, 3.8) is 0 Å². The molecule has 94 valence electrons. The molecule has 8 heteroatoms. The van der Waals surface area contributed by atoms with Gasteiger partial charge in [0.25, 0.3) is 5.91 Å². The first-order valence-electron chi connectivity index (χ1n) is 5.10. The second-order valence-corrected chi connectivity index (χ2v) is 4.18. The van der Waals surface area contributed by atoms with E-state index in [1.807, 2.05) is 0 Å². The number of amides is 1. The highest BCUT2D eigenvalue weighted by Crippen LogP contribution is 2.14. The van der Waals surface area contributed by atoms with Gasteiger partial charge in [0, 0.05) is 14.1 Å². The van der Waals surface area contributed by atoms with Crippen molar-refractivity contribution in [3.8, 4) is 0 Å². The van der Waals surface area contributed by atoms with Crippen molar-refractivity contribution in [2.45, 2.75) is 0 Å². The zero-order chi connectivity index (χ0) is 13.3. The molecule has 0 aromatic carbocycles. The van der Waals surface area contributed by atoms with E-state index >= 15 is 0 Å². The largest absolute Gasteiger partial charge is 0.389 e. The molecular formula is C10H12N6OS. The minimum Gasteiger partial charge on any atom is -0.389 e. The van der Waals surface area contributed by atoms with Gasteiger partial charge in [-0.3, -0.25) is 9.48 Å². The summed E-state index contributed by atoms with van der Waals surface area (Å²) in [6.45, 7) is 0. The van der Waals surface area contributed by atoms with Crippen molar-refractivity contribution >= 4 is 28.9 Å². The fourth-order valence-electron chi connectivity index (χ4n) is 1.51. The lowest BCUT2D eigenvalue weighted by Crippen LogP contribution is -2.20. The lowest BCUT2D eigenvalue weighted by atomic mass is 10.3. The third kappa shape index (κ3) is 2.09. The third-order valence-corrected chi connectivity index (χ3v) is 2.71. The smallest absolute Gasteiger partial charge is 0.275 e. The van der Waals surface area contributed by atoms with E-state index in [4.69, 9.17) is 18.0 Å². The van der Waals surface area contributed by atoms with Gasteiger partial charge in [-0.2, -0.15) is 5.10 Å². The molecule has 2 aromatic heterocycles. The Kier molecular flexibility index (Phi) is 3.11. The summed E-state index contributed by atoms with van der Waals surface area (Å²) in [6, 6.07) is 0. The number of aryl methyl sites for hydroxylation is 2. The standard InChI is InChI=1S/C10H12N6OS/c1-15-5-12-4-7(15)10(17)14-9-6(8(11)18)3-13-16(9)2/h3-5H,1-2H3,(H2,11,18)(H,14,17). The number of nitrogens with two attached hydrogens (primary N) is 1. The van der Waals surface area contributed by atoms with Crippen LogP contribution in [0.3, 0.4) is 0 Å². The maximum atomic E-state index is 12.0. The zero-order valence-corrected chi connectivity index (χ0v) is 10.7. The van der Waals surface area contributed by atoms with Gasteiger partial charge in [-0.05, 0) is 0 Å². The van der Waals surface area contributed by atoms with E-state index in [1.54, 1.807) is 25.0 Å². The van der Waals surface area contributed by atoms with E-state index in [9.17, 15) is 4.79 Å². The van der Waals surface area contributed by atoms with E-state index in [0.717, 1.165) is 0 Å². The van der Waals surface area contributed by atoms with Crippen LogP contribution in [-0.4, -0.2) is 30.2 Å². The highest BCUT2D eigenvalue weighted by atomic mass is 32.1. The van der Waals surface area contributed by atoms with Gasteiger partial charge in [0.1, 0.15) is 16.5 Å². The molecule has 0 aliphatic heterocycles. The summed E-state index contributed by atoms with van der Waals surface area (Å²) in [5.74, 6) is 0.171. The lowest BCUT2D eigenvalue weighted by molar-refractivity contribution is 0.101. The maximum absolute atomic E-state index is 12.0. The molecule has 2 heterocycles. The minimum absolute atomic E-state index is 0.184. The normalized spacial score (nSPS) is 10.3. The number of anilines is 1. The summed E-state index contributed by atoms with van der Waals surface area (Å²) >= 11 is 4.90. The van der Waals surface area contributed by atoms with Crippen molar-refractivity contribution in [3.05, 3.63) is 30.0 Å². The number of aromatic nitrogens is 4. The molecule has 0 radical (unpaired) electrons. The van der Waals surface area contributed by atoms with Crippen molar-refractivity contribution in [2.75, 3.05) is 5.32 Å². The van der Waals surface area contributed by atoms with Crippen LogP contribution in [0.2, 0.25) is 0 Å². The number of rotatable bonds is 3. The molecule has 1 amide bonds. The third-order valence-electron chi connectivity index (χ3n) is 2.49. The van der Waals surface area contributed by atoms with Crippen LogP contribution in [-0.2, 0) is 14.1 Å². The Bertz CT molecular complexity index is 614. The summed E-state index contributed by atoms with van der Waals surface area (Å²) in [5, 5.41) is 6.72. The highest BCUT2D eigenvalue weighted by Gasteiger charge is 2.16. The predicted octanol–water partition coefficient (Wildman–Crippen LogP) is 0.0401. The highest BCUT2D eigenvalue weighted by molar-refractivity contribution is 7.80. The van der Waals surface area contributed by atoms with Crippen LogP contribution in [0.5, 0.6) is 0 Å². The van der Waals surface area contributed by atoms with Crippen molar-refractivity contribution < 1.29 is 4.79 Å². The van der Waals surface area contributed by atoms with Gasteiger partial charge in [-0.25, -0.2) is 4.98 Å². The van der Waals surface area contributed by atoms with Gasteiger partial charge in [-0.1, -0.05) is 12.2 Å². The molecular weight excluding hydrogens is 252 g/mol.